The van der Waals surface area contributed by atoms with Crippen LogP contribution in [0.4, 0.5) is 4.39 Å². The maximum atomic E-state index is 13.4. The number of benzene rings is 1. The summed E-state index contributed by atoms with van der Waals surface area (Å²) in [6.07, 6.45) is 3.82. The van der Waals surface area contributed by atoms with Crippen LogP contribution in [0.5, 0.6) is 5.75 Å². The SMILES string of the molecule is Fc1ccc2c(c1)OCCCC2NCc1nnc2ccccn12. The van der Waals surface area contributed by atoms with E-state index in [4.69, 9.17) is 4.74 Å². The lowest BCUT2D eigenvalue weighted by molar-refractivity contribution is 0.313. The van der Waals surface area contributed by atoms with E-state index in [-0.39, 0.29) is 11.9 Å². The molecule has 1 atom stereocenters. The monoisotopic (exact) mass is 312 g/mol. The maximum Gasteiger partial charge on any atom is 0.160 e. The quantitative estimate of drug-likeness (QED) is 0.808. The molecule has 0 radical (unpaired) electrons. The molecule has 5 nitrogen and oxygen atoms in total. The van der Waals surface area contributed by atoms with Gasteiger partial charge >= 0.3 is 0 Å². The summed E-state index contributed by atoms with van der Waals surface area (Å²) in [6.45, 7) is 1.20. The smallest absolute Gasteiger partial charge is 0.160 e. The number of rotatable bonds is 3. The van der Waals surface area contributed by atoms with E-state index in [1.165, 1.54) is 12.1 Å². The molecule has 118 valence electrons. The lowest BCUT2D eigenvalue weighted by atomic mass is 10.0. The van der Waals surface area contributed by atoms with Gasteiger partial charge < -0.3 is 10.1 Å². The topological polar surface area (TPSA) is 51.5 Å². The summed E-state index contributed by atoms with van der Waals surface area (Å²) in [5.74, 6) is 1.22. The van der Waals surface area contributed by atoms with Gasteiger partial charge in [0, 0.05) is 23.9 Å². The minimum absolute atomic E-state index is 0.115. The van der Waals surface area contributed by atoms with Crippen molar-refractivity contribution in [2.24, 2.45) is 0 Å². The Bertz CT molecular complexity index is 832. The first kappa shape index (κ1) is 14.1. The van der Waals surface area contributed by atoms with Crippen LogP contribution in [0.1, 0.15) is 30.3 Å². The fraction of sp³-hybridized carbons (Fsp3) is 0.294. The molecule has 1 aromatic carbocycles. The van der Waals surface area contributed by atoms with E-state index in [1.54, 1.807) is 6.07 Å². The van der Waals surface area contributed by atoms with E-state index in [2.05, 4.69) is 15.5 Å². The number of aromatic nitrogens is 3. The van der Waals surface area contributed by atoms with Crippen LogP contribution in [0.25, 0.3) is 5.65 Å². The number of ether oxygens (including phenoxy) is 1. The van der Waals surface area contributed by atoms with Gasteiger partial charge in [-0.3, -0.25) is 4.40 Å². The first-order valence-corrected chi connectivity index (χ1v) is 7.75. The number of nitrogens with zero attached hydrogens (tertiary/aromatic N) is 3. The molecule has 4 rings (SSSR count). The van der Waals surface area contributed by atoms with E-state index in [0.717, 1.165) is 29.9 Å². The highest BCUT2D eigenvalue weighted by atomic mass is 19.1. The van der Waals surface area contributed by atoms with Crippen molar-refractivity contribution in [2.75, 3.05) is 6.61 Å². The second kappa shape index (κ2) is 5.96. The predicted molar refractivity (Wildman–Crippen MR) is 83.7 cm³/mol. The predicted octanol–water partition coefficient (Wildman–Crippen LogP) is 2.87. The van der Waals surface area contributed by atoms with Gasteiger partial charge in [-0.1, -0.05) is 12.1 Å². The molecule has 6 heteroatoms. The normalized spacial score (nSPS) is 17.5. The summed E-state index contributed by atoms with van der Waals surface area (Å²) >= 11 is 0. The Hall–Kier alpha value is -2.47. The van der Waals surface area contributed by atoms with Crippen molar-refractivity contribution < 1.29 is 9.13 Å². The average Bonchev–Trinajstić information content (AvgIpc) is 2.87. The van der Waals surface area contributed by atoms with Crippen LogP contribution in [-0.2, 0) is 6.54 Å². The number of nitrogens with one attached hydrogen (secondary N) is 1. The van der Waals surface area contributed by atoms with Crippen LogP contribution >= 0.6 is 0 Å². The molecule has 0 amide bonds. The minimum Gasteiger partial charge on any atom is -0.493 e. The van der Waals surface area contributed by atoms with E-state index in [9.17, 15) is 4.39 Å². The van der Waals surface area contributed by atoms with Gasteiger partial charge in [-0.15, -0.1) is 10.2 Å². The van der Waals surface area contributed by atoms with Gasteiger partial charge in [0.15, 0.2) is 11.5 Å². The van der Waals surface area contributed by atoms with E-state index in [1.807, 2.05) is 28.8 Å². The van der Waals surface area contributed by atoms with Crippen LogP contribution in [0, 0.1) is 5.82 Å². The standard InChI is InChI=1S/C17H17FN4O/c18-12-6-7-13-14(4-3-9-23-15(13)10-12)19-11-17-21-20-16-5-1-2-8-22(16)17/h1-2,5-8,10,14,19H,3-4,9,11H2. The Balaban J connectivity index is 1.57. The van der Waals surface area contributed by atoms with E-state index in [0.29, 0.717) is 18.9 Å². The molecular weight excluding hydrogens is 295 g/mol. The number of hydrogen-bond donors (Lipinski definition) is 1. The zero-order valence-corrected chi connectivity index (χ0v) is 12.6. The summed E-state index contributed by atoms with van der Waals surface area (Å²) < 4.78 is 21.0. The summed E-state index contributed by atoms with van der Waals surface area (Å²) in [5, 5.41) is 11.9. The second-order valence-corrected chi connectivity index (χ2v) is 5.65. The largest absolute Gasteiger partial charge is 0.493 e. The van der Waals surface area contributed by atoms with Gasteiger partial charge in [0.1, 0.15) is 11.6 Å². The van der Waals surface area contributed by atoms with E-state index >= 15 is 0 Å². The summed E-state index contributed by atoms with van der Waals surface area (Å²) in [6, 6.07) is 10.7. The molecule has 0 saturated carbocycles. The Kier molecular flexibility index (Phi) is 3.67. The highest BCUT2D eigenvalue weighted by Gasteiger charge is 2.20. The third kappa shape index (κ3) is 2.77. The first-order chi connectivity index (χ1) is 11.3. The summed E-state index contributed by atoms with van der Waals surface area (Å²) in [4.78, 5) is 0. The zero-order valence-electron chi connectivity index (χ0n) is 12.6. The highest BCUT2D eigenvalue weighted by molar-refractivity contribution is 5.38. The van der Waals surface area contributed by atoms with Gasteiger partial charge in [0.2, 0.25) is 0 Å². The van der Waals surface area contributed by atoms with Crippen LogP contribution in [0.3, 0.4) is 0 Å². The molecule has 0 fully saturated rings. The van der Waals surface area contributed by atoms with Crippen LogP contribution < -0.4 is 10.1 Å². The summed E-state index contributed by atoms with van der Waals surface area (Å²) in [7, 11) is 0. The number of pyridine rings is 1. The van der Waals surface area contributed by atoms with E-state index < -0.39 is 0 Å². The Morgan fingerprint density at radius 2 is 2.22 bits per heavy atom. The Labute approximate surface area is 133 Å². The summed E-state index contributed by atoms with van der Waals surface area (Å²) in [5.41, 5.74) is 1.83. The van der Waals surface area contributed by atoms with Crippen molar-refractivity contribution in [1.82, 2.24) is 19.9 Å². The Morgan fingerprint density at radius 3 is 3.17 bits per heavy atom. The average molecular weight is 312 g/mol. The molecule has 1 unspecified atom stereocenters. The third-order valence-corrected chi connectivity index (χ3v) is 4.14. The number of hydrogen-bond acceptors (Lipinski definition) is 4. The fourth-order valence-corrected chi connectivity index (χ4v) is 2.98. The molecule has 3 aromatic rings. The molecular formula is C17H17FN4O. The molecule has 1 aliphatic heterocycles. The van der Waals surface area contributed by atoms with Crippen LogP contribution in [0.15, 0.2) is 42.6 Å². The molecule has 3 heterocycles. The van der Waals surface area contributed by atoms with Gasteiger partial charge in [-0.05, 0) is 31.0 Å². The minimum atomic E-state index is -0.271. The number of halogens is 1. The van der Waals surface area contributed by atoms with Gasteiger partial charge in [-0.2, -0.15) is 0 Å². The Morgan fingerprint density at radius 1 is 1.26 bits per heavy atom. The number of fused-ring (bicyclic) bond motifs is 2. The van der Waals surface area contributed by atoms with Crippen molar-refractivity contribution in [3.05, 3.63) is 59.8 Å². The molecule has 0 spiro atoms. The molecule has 1 N–H and O–H groups in total. The van der Waals surface area contributed by atoms with Crippen molar-refractivity contribution in [2.45, 2.75) is 25.4 Å². The van der Waals surface area contributed by atoms with Gasteiger partial charge in [-0.25, -0.2) is 4.39 Å². The zero-order chi connectivity index (χ0) is 15.6. The molecule has 0 saturated heterocycles. The lowest BCUT2D eigenvalue weighted by Gasteiger charge is -2.18. The van der Waals surface area contributed by atoms with Crippen molar-refractivity contribution in [3.63, 3.8) is 0 Å². The fourth-order valence-electron chi connectivity index (χ4n) is 2.98. The third-order valence-electron chi connectivity index (χ3n) is 4.14. The van der Waals surface area contributed by atoms with Crippen LogP contribution in [-0.4, -0.2) is 21.2 Å². The van der Waals surface area contributed by atoms with Crippen molar-refractivity contribution in [1.29, 1.82) is 0 Å². The lowest BCUT2D eigenvalue weighted by Crippen LogP contribution is -2.22. The molecule has 0 bridgehead atoms. The maximum absolute atomic E-state index is 13.4. The highest BCUT2D eigenvalue weighted by Crippen LogP contribution is 2.32. The van der Waals surface area contributed by atoms with Crippen molar-refractivity contribution >= 4 is 5.65 Å². The molecule has 0 aliphatic carbocycles. The molecule has 2 aromatic heterocycles. The van der Waals surface area contributed by atoms with Crippen molar-refractivity contribution in [3.8, 4) is 5.75 Å². The first-order valence-electron chi connectivity index (χ1n) is 7.75. The second-order valence-electron chi connectivity index (χ2n) is 5.65. The van der Waals surface area contributed by atoms with Crippen LogP contribution in [0.2, 0.25) is 0 Å². The van der Waals surface area contributed by atoms with Gasteiger partial charge in [0.05, 0.1) is 13.2 Å². The van der Waals surface area contributed by atoms with Gasteiger partial charge in [0.25, 0.3) is 0 Å². The molecule has 1 aliphatic rings. The molecule has 23 heavy (non-hydrogen) atoms.